The van der Waals surface area contributed by atoms with Gasteiger partial charge in [-0.05, 0) is 36.9 Å². The van der Waals surface area contributed by atoms with Crippen LogP contribution in [0, 0.1) is 5.82 Å². The molecule has 0 bridgehead atoms. The molecule has 0 fully saturated rings. The van der Waals surface area contributed by atoms with Gasteiger partial charge in [-0.15, -0.1) is 0 Å². The number of rotatable bonds is 5. The fourth-order valence-electron chi connectivity index (χ4n) is 2.21. The fourth-order valence-corrected chi connectivity index (χ4v) is 2.44. The highest BCUT2D eigenvalue weighted by Crippen LogP contribution is 2.27. The molecule has 0 aliphatic rings. The minimum atomic E-state index is -0.213. The van der Waals surface area contributed by atoms with E-state index in [4.69, 9.17) is 11.6 Å². The van der Waals surface area contributed by atoms with Crippen molar-refractivity contribution in [3.8, 4) is 0 Å². The zero-order chi connectivity index (χ0) is 14.5. The van der Waals surface area contributed by atoms with Crippen LogP contribution in [0.5, 0.6) is 0 Å². The Hall–Kier alpha value is -1.58. The summed E-state index contributed by atoms with van der Waals surface area (Å²) in [5, 5.41) is 3.88. The summed E-state index contributed by atoms with van der Waals surface area (Å²) in [6.45, 7) is 1.42. The Balaban J connectivity index is 2.22. The van der Waals surface area contributed by atoms with Gasteiger partial charge in [-0.2, -0.15) is 0 Å². The summed E-state index contributed by atoms with van der Waals surface area (Å²) < 4.78 is 12.9. The van der Waals surface area contributed by atoms with E-state index in [1.165, 1.54) is 12.1 Å². The Bertz CT molecular complexity index is 569. The van der Waals surface area contributed by atoms with Gasteiger partial charge in [0.25, 0.3) is 0 Å². The Morgan fingerprint density at radius 2 is 1.85 bits per heavy atom. The normalized spacial score (nSPS) is 10.6. The summed E-state index contributed by atoms with van der Waals surface area (Å²) in [4.78, 5) is 2.12. The summed E-state index contributed by atoms with van der Waals surface area (Å²) in [5.74, 6) is -0.213. The molecule has 2 aromatic rings. The van der Waals surface area contributed by atoms with Crippen LogP contribution in [0.4, 0.5) is 10.1 Å². The van der Waals surface area contributed by atoms with E-state index in [-0.39, 0.29) is 5.82 Å². The van der Waals surface area contributed by atoms with Crippen LogP contribution in [0.3, 0.4) is 0 Å². The van der Waals surface area contributed by atoms with E-state index in [2.05, 4.69) is 10.2 Å². The van der Waals surface area contributed by atoms with Crippen molar-refractivity contribution in [2.75, 3.05) is 19.0 Å². The van der Waals surface area contributed by atoms with Crippen LogP contribution in [0.15, 0.2) is 42.5 Å². The quantitative estimate of drug-likeness (QED) is 0.901. The van der Waals surface area contributed by atoms with E-state index in [1.807, 2.05) is 32.3 Å². The Morgan fingerprint density at radius 1 is 1.15 bits per heavy atom. The predicted molar refractivity (Wildman–Crippen MR) is 82.7 cm³/mol. The second kappa shape index (κ2) is 6.73. The third kappa shape index (κ3) is 3.50. The summed E-state index contributed by atoms with van der Waals surface area (Å²) in [5.41, 5.74) is 3.21. The van der Waals surface area contributed by atoms with Crippen molar-refractivity contribution < 1.29 is 4.39 Å². The molecule has 4 heteroatoms. The molecular weight excluding hydrogens is 275 g/mol. The molecule has 0 aliphatic carbocycles. The molecule has 0 unspecified atom stereocenters. The van der Waals surface area contributed by atoms with Crippen LogP contribution >= 0.6 is 11.6 Å². The first-order chi connectivity index (χ1) is 9.61. The molecule has 0 heterocycles. The van der Waals surface area contributed by atoms with Crippen LogP contribution < -0.4 is 10.2 Å². The minimum absolute atomic E-state index is 0.213. The van der Waals surface area contributed by atoms with Crippen molar-refractivity contribution in [1.82, 2.24) is 5.32 Å². The molecule has 0 saturated heterocycles. The maximum atomic E-state index is 12.9. The Labute approximate surface area is 124 Å². The summed E-state index contributed by atoms with van der Waals surface area (Å²) in [6.07, 6.45) is 0. The lowest BCUT2D eigenvalue weighted by molar-refractivity contribution is 0.627. The number of nitrogens with zero attached hydrogens (tertiary/aromatic N) is 1. The second-order valence-corrected chi connectivity index (χ2v) is 5.16. The van der Waals surface area contributed by atoms with E-state index < -0.39 is 0 Å². The van der Waals surface area contributed by atoms with E-state index in [0.29, 0.717) is 13.1 Å². The monoisotopic (exact) mass is 292 g/mol. The molecule has 0 atom stereocenters. The fraction of sp³-hybridized carbons (Fsp3) is 0.250. The summed E-state index contributed by atoms with van der Waals surface area (Å²) in [6, 6.07) is 12.4. The number of halogens is 2. The predicted octanol–water partition coefficient (Wildman–Crippen LogP) is 3.83. The van der Waals surface area contributed by atoms with E-state index >= 15 is 0 Å². The number of nitrogens with one attached hydrogen (secondary N) is 1. The molecule has 0 aromatic heterocycles. The molecular formula is C16H18ClFN2. The van der Waals surface area contributed by atoms with Crippen molar-refractivity contribution in [2.45, 2.75) is 13.1 Å². The van der Waals surface area contributed by atoms with Crippen molar-refractivity contribution in [3.63, 3.8) is 0 Å². The summed E-state index contributed by atoms with van der Waals surface area (Å²) >= 11 is 6.26. The molecule has 0 amide bonds. The minimum Gasteiger partial charge on any atom is -0.370 e. The van der Waals surface area contributed by atoms with Crippen LogP contribution in [0.25, 0.3) is 0 Å². The van der Waals surface area contributed by atoms with E-state index in [9.17, 15) is 4.39 Å². The third-order valence-corrected chi connectivity index (χ3v) is 3.55. The number of hydrogen-bond donors (Lipinski definition) is 1. The molecule has 0 saturated carbocycles. The average Bonchev–Trinajstić information content (AvgIpc) is 2.43. The number of anilines is 1. The zero-order valence-electron chi connectivity index (χ0n) is 11.7. The number of benzene rings is 2. The van der Waals surface area contributed by atoms with Crippen molar-refractivity contribution in [1.29, 1.82) is 0 Å². The van der Waals surface area contributed by atoms with Gasteiger partial charge in [-0.25, -0.2) is 4.39 Å². The van der Waals surface area contributed by atoms with Gasteiger partial charge in [0, 0.05) is 36.4 Å². The largest absolute Gasteiger partial charge is 0.370 e. The van der Waals surface area contributed by atoms with Crippen molar-refractivity contribution in [2.24, 2.45) is 0 Å². The highest BCUT2D eigenvalue weighted by atomic mass is 35.5. The molecule has 0 aliphatic heterocycles. The lowest BCUT2D eigenvalue weighted by atomic mass is 10.1. The first-order valence-electron chi connectivity index (χ1n) is 6.49. The number of hydrogen-bond acceptors (Lipinski definition) is 2. The maximum Gasteiger partial charge on any atom is 0.123 e. The standard InChI is InChI=1S/C16H18ClFN2/c1-19-10-14-15(17)4-3-5-16(14)20(2)11-12-6-8-13(18)9-7-12/h3-9,19H,10-11H2,1-2H3. The Kier molecular flexibility index (Phi) is 4.99. The van der Waals surface area contributed by atoms with Gasteiger partial charge in [-0.1, -0.05) is 29.8 Å². The van der Waals surface area contributed by atoms with Crippen LogP contribution in [-0.4, -0.2) is 14.1 Å². The third-order valence-electron chi connectivity index (χ3n) is 3.19. The van der Waals surface area contributed by atoms with Crippen molar-refractivity contribution in [3.05, 3.63) is 64.4 Å². The second-order valence-electron chi connectivity index (χ2n) is 4.75. The average molecular weight is 293 g/mol. The van der Waals surface area contributed by atoms with Crippen molar-refractivity contribution >= 4 is 17.3 Å². The van der Waals surface area contributed by atoms with Gasteiger partial charge in [0.1, 0.15) is 5.82 Å². The highest BCUT2D eigenvalue weighted by molar-refractivity contribution is 6.31. The van der Waals surface area contributed by atoms with Crippen LogP contribution in [0.1, 0.15) is 11.1 Å². The molecule has 2 nitrogen and oxygen atoms in total. The lowest BCUT2D eigenvalue weighted by Gasteiger charge is -2.23. The van der Waals surface area contributed by atoms with Gasteiger partial charge in [0.05, 0.1) is 0 Å². The topological polar surface area (TPSA) is 15.3 Å². The van der Waals surface area contributed by atoms with Crippen LogP contribution in [0.2, 0.25) is 5.02 Å². The van der Waals surface area contributed by atoms with E-state index in [0.717, 1.165) is 21.8 Å². The van der Waals surface area contributed by atoms with Crippen LogP contribution in [-0.2, 0) is 13.1 Å². The first kappa shape index (κ1) is 14.8. The van der Waals surface area contributed by atoms with Gasteiger partial charge >= 0.3 is 0 Å². The first-order valence-corrected chi connectivity index (χ1v) is 6.87. The maximum absolute atomic E-state index is 12.9. The molecule has 1 N–H and O–H groups in total. The van der Waals surface area contributed by atoms with Gasteiger partial charge < -0.3 is 10.2 Å². The van der Waals surface area contributed by atoms with Gasteiger partial charge in [0.15, 0.2) is 0 Å². The van der Waals surface area contributed by atoms with E-state index in [1.54, 1.807) is 12.1 Å². The molecule has 2 rings (SSSR count). The molecule has 20 heavy (non-hydrogen) atoms. The molecule has 0 spiro atoms. The molecule has 0 radical (unpaired) electrons. The smallest absolute Gasteiger partial charge is 0.123 e. The summed E-state index contributed by atoms with van der Waals surface area (Å²) in [7, 11) is 3.90. The lowest BCUT2D eigenvalue weighted by Crippen LogP contribution is -2.19. The highest BCUT2D eigenvalue weighted by Gasteiger charge is 2.10. The zero-order valence-corrected chi connectivity index (χ0v) is 12.4. The van der Waals surface area contributed by atoms with Gasteiger partial charge in [-0.3, -0.25) is 0 Å². The Morgan fingerprint density at radius 3 is 2.50 bits per heavy atom. The van der Waals surface area contributed by atoms with Gasteiger partial charge in [0.2, 0.25) is 0 Å². The molecule has 106 valence electrons. The molecule has 2 aromatic carbocycles. The SMILES string of the molecule is CNCc1c(Cl)cccc1N(C)Cc1ccc(F)cc1.